The van der Waals surface area contributed by atoms with Crippen LogP contribution in [0.5, 0.6) is 0 Å². The molecule has 0 aromatic rings. The van der Waals surface area contributed by atoms with Gasteiger partial charge >= 0.3 is 0 Å². The van der Waals surface area contributed by atoms with Crippen molar-refractivity contribution in [1.29, 1.82) is 0 Å². The number of likely N-dealkylation sites (tertiary alicyclic amines) is 1. The first-order valence-electron chi connectivity index (χ1n) is 6.20. The maximum atomic E-state index is 9.50. The molecule has 0 radical (unpaired) electrons. The van der Waals surface area contributed by atoms with Crippen molar-refractivity contribution >= 4 is 0 Å². The van der Waals surface area contributed by atoms with Crippen molar-refractivity contribution in [3.05, 3.63) is 11.9 Å². The number of rotatable bonds is 2. The Morgan fingerprint density at radius 2 is 2.00 bits per heavy atom. The maximum Gasteiger partial charge on any atom is 0.157 e. The lowest BCUT2D eigenvalue weighted by atomic mass is 10.1. The van der Waals surface area contributed by atoms with Gasteiger partial charge in [-0.25, -0.2) is 0 Å². The predicted octanol–water partition coefficient (Wildman–Crippen LogP) is 0.759. The summed E-state index contributed by atoms with van der Waals surface area (Å²) in [4.78, 5) is 4.71. The highest BCUT2D eigenvalue weighted by molar-refractivity contribution is 5.09. The van der Waals surface area contributed by atoms with Crippen LogP contribution in [0, 0.1) is 5.92 Å². The SMILES string of the molecule is CC(C)C1=CNC(N2CCC(O)CC2)N1C. The number of nitrogens with one attached hydrogen (secondary N) is 1. The molecule has 16 heavy (non-hydrogen) atoms. The summed E-state index contributed by atoms with van der Waals surface area (Å²) < 4.78 is 0. The molecule has 0 aliphatic carbocycles. The van der Waals surface area contributed by atoms with Crippen LogP contribution in [0.3, 0.4) is 0 Å². The molecule has 0 saturated carbocycles. The van der Waals surface area contributed by atoms with E-state index in [4.69, 9.17) is 0 Å². The van der Waals surface area contributed by atoms with Crippen LogP contribution in [0.25, 0.3) is 0 Å². The Hall–Kier alpha value is -0.740. The van der Waals surface area contributed by atoms with Crippen molar-refractivity contribution in [1.82, 2.24) is 15.1 Å². The average molecular weight is 225 g/mol. The van der Waals surface area contributed by atoms with Crippen LogP contribution >= 0.6 is 0 Å². The Morgan fingerprint density at radius 1 is 1.38 bits per heavy atom. The minimum atomic E-state index is -0.0968. The molecule has 2 aliphatic heterocycles. The highest BCUT2D eigenvalue weighted by atomic mass is 16.3. The standard InChI is InChI=1S/C12H23N3O/c1-9(2)11-8-13-12(14(11)3)15-6-4-10(16)5-7-15/h8-10,12-13,16H,4-7H2,1-3H3. The van der Waals surface area contributed by atoms with Crippen molar-refractivity contribution in [2.24, 2.45) is 5.92 Å². The lowest BCUT2D eigenvalue weighted by molar-refractivity contribution is 0.0155. The Balaban J connectivity index is 1.93. The van der Waals surface area contributed by atoms with Gasteiger partial charge in [0.1, 0.15) is 0 Å². The molecule has 2 aliphatic rings. The summed E-state index contributed by atoms with van der Waals surface area (Å²) in [5, 5.41) is 12.9. The summed E-state index contributed by atoms with van der Waals surface area (Å²) in [6.45, 7) is 6.38. The number of hydrogen-bond donors (Lipinski definition) is 2. The summed E-state index contributed by atoms with van der Waals surface area (Å²) in [6.07, 6.45) is 4.09. The van der Waals surface area contributed by atoms with Gasteiger partial charge in [0.05, 0.1) is 6.10 Å². The molecular weight excluding hydrogens is 202 g/mol. The van der Waals surface area contributed by atoms with Crippen LogP contribution in [0.2, 0.25) is 0 Å². The van der Waals surface area contributed by atoms with E-state index in [-0.39, 0.29) is 12.4 Å². The zero-order chi connectivity index (χ0) is 11.7. The second-order valence-electron chi connectivity index (χ2n) is 5.14. The van der Waals surface area contributed by atoms with Gasteiger partial charge in [0.25, 0.3) is 0 Å². The molecule has 2 rings (SSSR count). The molecule has 2 heterocycles. The summed E-state index contributed by atoms with van der Waals surface area (Å²) in [7, 11) is 2.14. The molecule has 1 unspecified atom stereocenters. The number of aliphatic hydroxyl groups excluding tert-OH is 1. The monoisotopic (exact) mass is 225 g/mol. The second kappa shape index (κ2) is 4.63. The molecule has 1 saturated heterocycles. The van der Waals surface area contributed by atoms with E-state index < -0.39 is 0 Å². The van der Waals surface area contributed by atoms with Gasteiger partial charge in [0.15, 0.2) is 6.29 Å². The average Bonchev–Trinajstić information content (AvgIpc) is 2.61. The van der Waals surface area contributed by atoms with Crippen molar-refractivity contribution in [2.45, 2.75) is 39.1 Å². The third-order valence-electron chi connectivity index (χ3n) is 3.59. The molecule has 1 atom stereocenters. The van der Waals surface area contributed by atoms with E-state index in [1.165, 1.54) is 5.70 Å². The zero-order valence-corrected chi connectivity index (χ0v) is 10.5. The van der Waals surface area contributed by atoms with Gasteiger partial charge in [-0.05, 0) is 18.8 Å². The smallest absolute Gasteiger partial charge is 0.157 e. The zero-order valence-electron chi connectivity index (χ0n) is 10.5. The van der Waals surface area contributed by atoms with E-state index in [1.54, 1.807) is 0 Å². The van der Waals surface area contributed by atoms with E-state index in [9.17, 15) is 5.11 Å². The molecule has 4 nitrogen and oxygen atoms in total. The van der Waals surface area contributed by atoms with Crippen LogP contribution in [0.4, 0.5) is 0 Å². The Labute approximate surface area is 97.9 Å². The van der Waals surface area contributed by atoms with Crippen LogP contribution in [-0.2, 0) is 0 Å². The van der Waals surface area contributed by atoms with E-state index in [0.29, 0.717) is 5.92 Å². The highest BCUT2D eigenvalue weighted by Gasteiger charge is 2.31. The topological polar surface area (TPSA) is 38.7 Å². The molecule has 4 heteroatoms. The van der Waals surface area contributed by atoms with Crippen LogP contribution in [-0.4, -0.2) is 47.4 Å². The molecule has 1 fully saturated rings. The minimum Gasteiger partial charge on any atom is -0.393 e. The molecule has 0 aromatic heterocycles. The molecular formula is C12H23N3O. The first-order valence-corrected chi connectivity index (χ1v) is 6.20. The number of aliphatic hydroxyl groups is 1. The van der Waals surface area contributed by atoms with Crippen molar-refractivity contribution in [3.8, 4) is 0 Å². The third kappa shape index (κ3) is 2.18. The first kappa shape index (κ1) is 11.7. The van der Waals surface area contributed by atoms with Crippen molar-refractivity contribution in [3.63, 3.8) is 0 Å². The lowest BCUT2D eigenvalue weighted by Crippen LogP contribution is -2.53. The van der Waals surface area contributed by atoms with Gasteiger partial charge in [-0.3, -0.25) is 4.90 Å². The number of hydrogen-bond acceptors (Lipinski definition) is 4. The molecule has 0 spiro atoms. The van der Waals surface area contributed by atoms with Crippen molar-refractivity contribution < 1.29 is 5.11 Å². The second-order valence-corrected chi connectivity index (χ2v) is 5.14. The first-order chi connectivity index (χ1) is 7.59. The number of allylic oxidation sites excluding steroid dienone is 1. The molecule has 0 amide bonds. The van der Waals surface area contributed by atoms with Crippen LogP contribution < -0.4 is 5.32 Å². The Morgan fingerprint density at radius 3 is 2.50 bits per heavy atom. The molecule has 0 bridgehead atoms. The van der Waals surface area contributed by atoms with Gasteiger partial charge in [-0.1, -0.05) is 13.8 Å². The predicted molar refractivity (Wildman–Crippen MR) is 64.4 cm³/mol. The largest absolute Gasteiger partial charge is 0.393 e. The fourth-order valence-electron chi connectivity index (χ4n) is 2.57. The number of nitrogens with zero attached hydrogens (tertiary/aromatic N) is 2. The molecule has 92 valence electrons. The van der Waals surface area contributed by atoms with Gasteiger partial charge in [-0.15, -0.1) is 0 Å². The summed E-state index contributed by atoms with van der Waals surface area (Å²) >= 11 is 0. The quantitative estimate of drug-likeness (QED) is 0.728. The normalized spacial score (nSPS) is 28.4. The lowest BCUT2D eigenvalue weighted by Gasteiger charge is -2.39. The fraction of sp³-hybridized carbons (Fsp3) is 0.833. The van der Waals surface area contributed by atoms with Crippen LogP contribution in [0.15, 0.2) is 11.9 Å². The maximum absolute atomic E-state index is 9.50. The van der Waals surface area contributed by atoms with E-state index in [0.717, 1.165) is 25.9 Å². The minimum absolute atomic E-state index is 0.0968. The summed E-state index contributed by atoms with van der Waals surface area (Å²) in [6, 6.07) is 0. The molecule has 2 N–H and O–H groups in total. The van der Waals surface area contributed by atoms with Crippen molar-refractivity contribution in [2.75, 3.05) is 20.1 Å². The van der Waals surface area contributed by atoms with Crippen LogP contribution in [0.1, 0.15) is 26.7 Å². The number of piperidine rings is 1. The Kier molecular flexibility index (Phi) is 3.40. The van der Waals surface area contributed by atoms with E-state index in [1.807, 2.05) is 0 Å². The highest BCUT2D eigenvalue weighted by Crippen LogP contribution is 2.23. The fourth-order valence-corrected chi connectivity index (χ4v) is 2.57. The van der Waals surface area contributed by atoms with Gasteiger partial charge in [-0.2, -0.15) is 0 Å². The molecule has 0 aromatic carbocycles. The summed E-state index contributed by atoms with van der Waals surface area (Å²) in [5.41, 5.74) is 1.36. The third-order valence-corrected chi connectivity index (χ3v) is 3.59. The van der Waals surface area contributed by atoms with Gasteiger partial charge in [0.2, 0.25) is 0 Å². The van der Waals surface area contributed by atoms with E-state index >= 15 is 0 Å². The Bertz CT molecular complexity index is 269. The van der Waals surface area contributed by atoms with E-state index in [2.05, 4.69) is 42.2 Å². The summed E-state index contributed by atoms with van der Waals surface area (Å²) in [5.74, 6) is 0.554. The van der Waals surface area contributed by atoms with Gasteiger partial charge in [0, 0.05) is 32.0 Å². The van der Waals surface area contributed by atoms with Gasteiger partial charge < -0.3 is 15.3 Å².